The van der Waals surface area contributed by atoms with Gasteiger partial charge in [0.1, 0.15) is 23.7 Å². The van der Waals surface area contributed by atoms with Crippen molar-refractivity contribution in [2.24, 2.45) is 0 Å². The van der Waals surface area contributed by atoms with E-state index in [0.29, 0.717) is 13.2 Å². The van der Waals surface area contributed by atoms with Crippen molar-refractivity contribution in [3.05, 3.63) is 84.6 Å². The fourth-order valence-corrected chi connectivity index (χ4v) is 3.63. The minimum absolute atomic E-state index is 0.245. The van der Waals surface area contributed by atoms with Gasteiger partial charge in [-0.25, -0.2) is 14.4 Å². The molecule has 0 aliphatic heterocycles. The smallest absolute Gasteiger partial charge is 0.141 e. The second kappa shape index (κ2) is 8.02. The largest absolute Gasteiger partial charge is 0.494 e. The quantitative estimate of drug-likeness (QED) is 0.409. The molecule has 1 N–H and O–H groups in total. The van der Waals surface area contributed by atoms with E-state index in [-0.39, 0.29) is 5.82 Å². The molecule has 7 heteroatoms. The number of benzene rings is 3. The molecule has 6 nitrogen and oxygen atoms in total. The molecule has 0 spiro atoms. The van der Waals surface area contributed by atoms with Gasteiger partial charge in [0.25, 0.3) is 0 Å². The van der Waals surface area contributed by atoms with Gasteiger partial charge in [0.15, 0.2) is 0 Å². The Morgan fingerprint density at radius 1 is 1.03 bits per heavy atom. The first-order valence-electron chi connectivity index (χ1n) is 10.0. The summed E-state index contributed by atoms with van der Waals surface area (Å²) in [6.07, 6.45) is 3.35. The summed E-state index contributed by atoms with van der Waals surface area (Å²) < 4.78 is 20.9. The van der Waals surface area contributed by atoms with E-state index in [2.05, 4.69) is 20.4 Å². The van der Waals surface area contributed by atoms with Crippen LogP contribution in [-0.2, 0) is 6.54 Å². The lowest BCUT2D eigenvalue weighted by Gasteiger charge is -2.10. The third kappa shape index (κ3) is 3.90. The van der Waals surface area contributed by atoms with Crippen LogP contribution < -0.4 is 10.1 Å². The number of halogens is 1. The molecular formula is C24H20FN5O. The molecule has 3 aromatic carbocycles. The normalized spacial score (nSPS) is 11.2. The molecule has 0 saturated carbocycles. The summed E-state index contributed by atoms with van der Waals surface area (Å²) in [7, 11) is 0. The zero-order valence-electron chi connectivity index (χ0n) is 16.9. The van der Waals surface area contributed by atoms with E-state index < -0.39 is 0 Å². The Morgan fingerprint density at radius 3 is 2.84 bits per heavy atom. The number of anilines is 2. The second-order valence-corrected chi connectivity index (χ2v) is 7.16. The third-order valence-electron chi connectivity index (χ3n) is 5.04. The SMILES string of the molecule is CCOc1ccc2c(Nc3ccc4c(cnn4Cc4cccc(F)c4)c3)ncnc2c1. The number of rotatable bonds is 6. The molecule has 0 aliphatic rings. The molecule has 0 radical (unpaired) electrons. The summed E-state index contributed by atoms with van der Waals surface area (Å²) in [5, 5.41) is 9.75. The van der Waals surface area contributed by atoms with E-state index in [4.69, 9.17) is 4.74 Å². The van der Waals surface area contributed by atoms with Gasteiger partial charge in [0.05, 0.1) is 30.4 Å². The first-order chi connectivity index (χ1) is 15.2. The van der Waals surface area contributed by atoms with Crippen molar-refractivity contribution in [2.75, 3.05) is 11.9 Å². The molecule has 2 aromatic heterocycles. The zero-order chi connectivity index (χ0) is 21.2. The van der Waals surface area contributed by atoms with Gasteiger partial charge in [-0.2, -0.15) is 5.10 Å². The van der Waals surface area contributed by atoms with Crippen LogP contribution in [0.15, 0.2) is 73.2 Å². The fourth-order valence-electron chi connectivity index (χ4n) is 3.63. The number of hydrogen-bond donors (Lipinski definition) is 1. The minimum atomic E-state index is -0.245. The molecule has 0 saturated heterocycles. The minimum Gasteiger partial charge on any atom is -0.494 e. The van der Waals surface area contributed by atoms with Crippen LogP contribution in [0.4, 0.5) is 15.9 Å². The molecule has 2 heterocycles. The van der Waals surface area contributed by atoms with E-state index in [1.54, 1.807) is 6.07 Å². The van der Waals surface area contributed by atoms with Crippen molar-refractivity contribution in [3.63, 3.8) is 0 Å². The maximum absolute atomic E-state index is 13.5. The average molecular weight is 413 g/mol. The Kier molecular flexibility index (Phi) is 4.92. The second-order valence-electron chi connectivity index (χ2n) is 7.16. The van der Waals surface area contributed by atoms with Gasteiger partial charge < -0.3 is 10.1 Å². The van der Waals surface area contributed by atoms with Crippen LogP contribution in [0.25, 0.3) is 21.8 Å². The van der Waals surface area contributed by atoms with Crippen LogP contribution in [-0.4, -0.2) is 26.4 Å². The maximum atomic E-state index is 13.5. The Bertz CT molecular complexity index is 1380. The van der Waals surface area contributed by atoms with Crippen molar-refractivity contribution in [1.29, 1.82) is 0 Å². The molecular weight excluding hydrogens is 393 g/mol. The Balaban J connectivity index is 1.43. The number of aromatic nitrogens is 4. The number of nitrogens with one attached hydrogen (secondary N) is 1. The van der Waals surface area contributed by atoms with E-state index in [1.165, 1.54) is 18.5 Å². The highest BCUT2D eigenvalue weighted by Crippen LogP contribution is 2.28. The van der Waals surface area contributed by atoms with Crippen LogP contribution in [0.5, 0.6) is 5.75 Å². The number of hydrogen-bond acceptors (Lipinski definition) is 5. The lowest BCUT2D eigenvalue weighted by Crippen LogP contribution is -2.01. The van der Waals surface area contributed by atoms with Crippen molar-refractivity contribution in [1.82, 2.24) is 19.7 Å². The summed E-state index contributed by atoms with van der Waals surface area (Å²) in [6, 6.07) is 18.4. The number of nitrogens with zero attached hydrogens (tertiary/aromatic N) is 4. The van der Waals surface area contributed by atoms with E-state index in [0.717, 1.165) is 44.6 Å². The number of fused-ring (bicyclic) bond motifs is 2. The van der Waals surface area contributed by atoms with Crippen LogP contribution in [0.3, 0.4) is 0 Å². The first kappa shape index (κ1) is 19.0. The average Bonchev–Trinajstić information content (AvgIpc) is 3.16. The van der Waals surface area contributed by atoms with Crippen molar-refractivity contribution >= 4 is 33.3 Å². The molecule has 5 aromatic rings. The summed E-state index contributed by atoms with van der Waals surface area (Å²) in [6.45, 7) is 3.06. The molecule has 5 rings (SSSR count). The maximum Gasteiger partial charge on any atom is 0.141 e. The zero-order valence-corrected chi connectivity index (χ0v) is 16.9. The van der Waals surface area contributed by atoms with Gasteiger partial charge in [-0.15, -0.1) is 0 Å². The predicted molar refractivity (Wildman–Crippen MR) is 119 cm³/mol. The van der Waals surface area contributed by atoms with Crippen molar-refractivity contribution in [2.45, 2.75) is 13.5 Å². The monoisotopic (exact) mass is 413 g/mol. The Labute approximate surface area is 178 Å². The van der Waals surface area contributed by atoms with Crippen LogP contribution in [0.2, 0.25) is 0 Å². The topological polar surface area (TPSA) is 64.9 Å². The molecule has 154 valence electrons. The molecule has 0 unspecified atom stereocenters. The summed E-state index contributed by atoms with van der Waals surface area (Å²) in [4.78, 5) is 8.76. The predicted octanol–water partition coefficient (Wildman–Crippen LogP) is 5.31. The molecule has 0 atom stereocenters. The lowest BCUT2D eigenvalue weighted by molar-refractivity contribution is 0.340. The Hall–Kier alpha value is -4.00. The van der Waals surface area contributed by atoms with Gasteiger partial charge >= 0.3 is 0 Å². The lowest BCUT2D eigenvalue weighted by atomic mass is 10.2. The van der Waals surface area contributed by atoms with Crippen molar-refractivity contribution < 1.29 is 9.13 Å². The van der Waals surface area contributed by atoms with Gasteiger partial charge in [0, 0.05) is 22.5 Å². The summed E-state index contributed by atoms with van der Waals surface area (Å²) in [5.74, 6) is 1.26. The van der Waals surface area contributed by atoms with Crippen LogP contribution in [0, 0.1) is 5.82 Å². The first-order valence-corrected chi connectivity index (χ1v) is 10.0. The molecule has 0 bridgehead atoms. The van der Waals surface area contributed by atoms with Crippen LogP contribution >= 0.6 is 0 Å². The van der Waals surface area contributed by atoms with Crippen LogP contribution in [0.1, 0.15) is 12.5 Å². The highest BCUT2D eigenvalue weighted by molar-refractivity contribution is 5.92. The molecule has 0 fully saturated rings. The summed E-state index contributed by atoms with van der Waals surface area (Å²) in [5.41, 5.74) is 3.55. The highest BCUT2D eigenvalue weighted by atomic mass is 19.1. The molecule has 31 heavy (non-hydrogen) atoms. The highest BCUT2D eigenvalue weighted by Gasteiger charge is 2.09. The molecule has 0 amide bonds. The standard InChI is InChI=1S/C24H20FN5O/c1-2-31-20-7-8-21-22(12-20)26-15-27-24(21)29-19-6-9-23-17(11-19)13-28-30(23)14-16-4-3-5-18(25)10-16/h3-13,15H,2,14H2,1H3,(H,26,27,29). The van der Waals surface area contributed by atoms with Gasteiger partial charge in [0.2, 0.25) is 0 Å². The van der Waals surface area contributed by atoms with Gasteiger partial charge in [-0.3, -0.25) is 4.68 Å². The Morgan fingerprint density at radius 2 is 1.97 bits per heavy atom. The van der Waals surface area contributed by atoms with E-state index >= 15 is 0 Å². The van der Waals surface area contributed by atoms with E-state index in [1.807, 2.05) is 60.3 Å². The fraction of sp³-hybridized carbons (Fsp3) is 0.125. The third-order valence-corrected chi connectivity index (χ3v) is 5.04. The number of ether oxygens (including phenoxy) is 1. The molecule has 0 aliphatic carbocycles. The van der Waals surface area contributed by atoms with Gasteiger partial charge in [-0.1, -0.05) is 12.1 Å². The van der Waals surface area contributed by atoms with Crippen molar-refractivity contribution in [3.8, 4) is 5.75 Å². The van der Waals surface area contributed by atoms with Gasteiger partial charge in [-0.05, 0) is 55.0 Å². The summed E-state index contributed by atoms with van der Waals surface area (Å²) >= 11 is 0. The van der Waals surface area contributed by atoms with E-state index in [9.17, 15) is 4.39 Å².